The molecule has 0 aliphatic rings. The highest BCUT2D eigenvalue weighted by Crippen LogP contribution is 2.29. The molecule has 2 aromatic carbocycles. The topological polar surface area (TPSA) is 107 Å². The molecule has 8 heteroatoms. The first-order valence-corrected chi connectivity index (χ1v) is 12.6. The number of esters is 1. The lowest BCUT2D eigenvalue weighted by Crippen LogP contribution is -2.27. The van der Waals surface area contributed by atoms with Gasteiger partial charge >= 0.3 is 12.1 Å². The van der Waals surface area contributed by atoms with Crippen molar-refractivity contribution in [3.05, 3.63) is 84.2 Å². The van der Waals surface area contributed by atoms with Crippen LogP contribution in [0.3, 0.4) is 0 Å². The van der Waals surface area contributed by atoms with Crippen LogP contribution in [-0.2, 0) is 25.5 Å². The van der Waals surface area contributed by atoms with Gasteiger partial charge in [0, 0.05) is 24.0 Å². The van der Waals surface area contributed by atoms with E-state index in [1.54, 1.807) is 51.4 Å². The van der Waals surface area contributed by atoms with Gasteiger partial charge < -0.3 is 14.8 Å². The number of anilines is 2. The van der Waals surface area contributed by atoms with E-state index in [0.717, 1.165) is 22.3 Å². The van der Waals surface area contributed by atoms with Crippen molar-refractivity contribution in [3.63, 3.8) is 0 Å². The van der Waals surface area contributed by atoms with Crippen molar-refractivity contribution < 1.29 is 23.9 Å². The second-order valence-corrected chi connectivity index (χ2v) is 11.0. The number of carbonyl (C=O) groups is 3. The molecular formula is C31H35N3O5. The highest BCUT2D eigenvalue weighted by Gasteiger charge is 2.18. The zero-order valence-electron chi connectivity index (χ0n) is 23.2. The lowest BCUT2D eigenvalue weighted by molar-refractivity contribution is -0.148. The summed E-state index contributed by atoms with van der Waals surface area (Å²) in [6.07, 6.45) is 5.93. The maximum atomic E-state index is 13.0. The van der Waals surface area contributed by atoms with Crippen molar-refractivity contribution in [2.24, 2.45) is 0 Å². The number of rotatable bonds is 7. The molecule has 1 aromatic heterocycles. The Labute approximate surface area is 229 Å². The molecule has 0 spiro atoms. The Bertz CT molecular complexity index is 1340. The van der Waals surface area contributed by atoms with Crippen LogP contribution >= 0.6 is 0 Å². The van der Waals surface area contributed by atoms with Crippen molar-refractivity contribution in [3.8, 4) is 11.1 Å². The van der Waals surface area contributed by atoms with Gasteiger partial charge in [-0.05, 0) is 82.5 Å². The highest BCUT2D eigenvalue weighted by atomic mass is 16.6. The van der Waals surface area contributed by atoms with Crippen molar-refractivity contribution in [2.75, 3.05) is 10.6 Å². The molecule has 0 saturated heterocycles. The molecule has 204 valence electrons. The fourth-order valence-electron chi connectivity index (χ4n) is 3.51. The predicted molar refractivity (Wildman–Crippen MR) is 153 cm³/mol. The second kappa shape index (κ2) is 12.4. The number of benzene rings is 2. The van der Waals surface area contributed by atoms with Crippen molar-refractivity contribution in [1.82, 2.24) is 4.98 Å². The molecule has 0 saturated carbocycles. The monoisotopic (exact) mass is 529 g/mol. The fourth-order valence-corrected chi connectivity index (χ4v) is 3.51. The smallest absolute Gasteiger partial charge is 0.412 e. The van der Waals surface area contributed by atoms with E-state index >= 15 is 0 Å². The number of pyridine rings is 1. The fraction of sp³-hybridized carbons (Fsp3) is 0.290. The molecular weight excluding hydrogens is 494 g/mol. The molecule has 39 heavy (non-hydrogen) atoms. The Morgan fingerprint density at radius 3 is 2.13 bits per heavy atom. The summed E-state index contributed by atoms with van der Waals surface area (Å²) in [7, 11) is 0. The van der Waals surface area contributed by atoms with Crippen LogP contribution in [0.5, 0.6) is 0 Å². The van der Waals surface area contributed by atoms with Gasteiger partial charge in [-0.2, -0.15) is 0 Å². The van der Waals surface area contributed by atoms with Gasteiger partial charge in [-0.25, -0.2) is 9.59 Å². The van der Waals surface area contributed by atoms with Crippen LogP contribution in [0.1, 0.15) is 52.7 Å². The molecule has 2 N–H and O–H groups in total. The maximum Gasteiger partial charge on any atom is 0.412 e. The summed E-state index contributed by atoms with van der Waals surface area (Å²) in [5.74, 6) is -0.683. The highest BCUT2D eigenvalue weighted by molar-refractivity contribution is 5.99. The minimum absolute atomic E-state index is 0.110. The van der Waals surface area contributed by atoms with Crippen LogP contribution in [0.2, 0.25) is 0 Å². The molecule has 8 nitrogen and oxygen atoms in total. The number of nitrogens with one attached hydrogen (secondary N) is 2. The average molecular weight is 530 g/mol. The molecule has 0 atom stereocenters. The van der Waals surface area contributed by atoms with Gasteiger partial charge in [-0.15, -0.1) is 0 Å². The van der Waals surface area contributed by atoms with Crippen molar-refractivity contribution in [1.29, 1.82) is 0 Å². The number of aromatic nitrogens is 1. The summed E-state index contributed by atoms with van der Waals surface area (Å²) in [6.45, 7) is 10.8. The van der Waals surface area contributed by atoms with Crippen LogP contribution in [-0.4, -0.2) is 34.2 Å². The third-order valence-electron chi connectivity index (χ3n) is 5.09. The van der Waals surface area contributed by atoms with Crippen molar-refractivity contribution in [2.45, 2.75) is 59.2 Å². The third-order valence-corrected chi connectivity index (χ3v) is 5.09. The number of carbonyl (C=O) groups excluding carboxylic acids is 3. The summed E-state index contributed by atoms with van der Waals surface area (Å²) in [6, 6.07) is 16.4. The molecule has 0 bridgehead atoms. The Morgan fingerprint density at radius 2 is 1.51 bits per heavy atom. The van der Waals surface area contributed by atoms with E-state index in [1.807, 2.05) is 63.2 Å². The van der Waals surface area contributed by atoms with E-state index in [0.29, 0.717) is 11.4 Å². The van der Waals surface area contributed by atoms with Gasteiger partial charge in [-0.3, -0.25) is 15.1 Å². The van der Waals surface area contributed by atoms with Gasteiger partial charge in [0.05, 0.1) is 17.8 Å². The summed E-state index contributed by atoms with van der Waals surface area (Å²) in [5.41, 5.74) is 2.90. The molecule has 0 unspecified atom stereocenters. The Hall–Kier alpha value is -4.46. The normalized spacial score (nSPS) is 11.6. The zero-order valence-corrected chi connectivity index (χ0v) is 23.2. The first-order valence-electron chi connectivity index (χ1n) is 12.6. The van der Waals surface area contributed by atoms with Crippen molar-refractivity contribution >= 4 is 35.4 Å². The SMILES string of the molecule is CC(C)(C)OC(=O)/C=C/c1ccc(CC(=O)Nc2cc(-c3cccnc3)ccc2NC(=O)OC(C)(C)C)cc1. The zero-order chi connectivity index (χ0) is 28.6. The minimum atomic E-state index is -0.669. The Kier molecular flexibility index (Phi) is 9.24. The number of ether oxygens (including phenoxy) is 2. The van der Waals surface area contributed by atoms with Crippen LogP contribution in [0.25, 0.3) is 17.2 Å². The lowest BCUT2D eigenvalue weighted by Gasteiger charge is -2.21. The maximum absolute atomic E-state index is 13.0. The largest absolute Gasteiger partial charge is 0.457 e. The van der Waals surface area contributed by atoms with Gasteiger partial charge in [-0.1, -0.05) is 36.4 Å². The van der Waals surface area contributed by atoms with E-state index in [-0.39, 0.29) is 12.3 Å². The molecule has 0 radical (unpaired) electrons. The van der Waals surface area contributed by atoms with Crippen LogP contribution < -0.4 is 10.6 Å². The first kappa shape index (κ1) is 29.1. The van der Waals surface area contributed by atoms with Crippen LogP contribution in [0, 0.1) is 0 Å². The second-order valence-electron chi connectivity index (χ2n) is 11.0. The number of hydrogen-bond acceptors (Lipinski definition) is 6. The first-order chi connectivity index (χ1) is 18.3. The summed E-state index contributed by atoms with van der Waals surface area (Å²) >= 11 is 0. The van der Waals surface area contributed by atoms with E-state index in [1.165, 1.54) is 6.08 Å². The lowest BCUT2D eigenvalue weighted by atomic mass is 10.1. The van der Waals surface area contributed by atoms with Crippen LogP contribution in [0.4, 0.5) is 16.2 Å². The summed E-state index contributed by atoms with van der Waals surface area (Å²) < 4.78 is 10.6. The minimum Gasteiger partial charge on any atom is -0.457 e. The summed E-state index contributed by atoms with van der Waals surface area (Å²) in [4.78, 5) is 41.5. The summed E-state index contributed by atoms with van der Waals surface area (Å²) in [5, 5.41) is 5.63. The Morgan fingerprint density at radius 1 is 0.821 bits per heavy atom. The van der Waals surface area contributed by atoms with Crippen LogP contribution in [0.15, 0.2) is 73.1 Å². The Balaban J connectivity index is 1.73. The predicted octanol–water partition coefficient (Wildman–Crippen LogP) is 6.63. The average Bonchev–Trinajstić information content (AvgIpc) is 2.83. The van der Waals surface area contributed by atoms with Gasteiger partial charge in [0.25, 0.3) is 0 Å². The molecule has 3 rings (SSSR count). The third kappa shape index (κ3) is 10.1. The molecule has 0 aliphatic carbocycles. The molecule has 0 aliphatic heterocycles. The number of amides is 2. The van der Waals surface area contributed by atoms with Gasteiger partial charge in [0.2, 0.25) is 5.91 Å². The van der Waals surface area contributed by atoms with E-state index in [2.05, 4.69) is 15.6 Å². The molecule has 2 amide bonds. The van der Waals surface area contributed by atoms with Gasteiger partial charge in [0.1, 0.15) is 11.2 Å². The van der Waals surface area contributed by atoms with E-state index in [4.69, 9.17) is 9.47 Å². The number of nitrogens with zero attached hydrogens (tertiary/aromatic N) is 1. The molecule has 1 heterocycles. The van der Waals surface area contributed by atoms with Gasteiger partial charge in [0.15, 0.2) is 0 Å². The van der Waals surface area contributed by atoms with E-state index < -0.39 is 23.3 Å². The standard InChI is InChI=1S/C31H35N3O5/c1-30(2,3)38-28(36)16-13-21-9-11-22(12-10-21)18-27(35)33-26-19-23(24-8-7-17-32-20-24)14-15-25(26)34-29(37)39-31(4,5)6/h7-17,19-20H,18H2,1-6H3,(H,33,35)(H,34,37)/b16-13+. The quantitative estimate of drug-likeness (QED) is 0.263. The molecule has 0 fully saturated rings. The molecule has 3 aromatic rings. The van der Waals surface area contributed by atoms with E-state index in [9.17, 15) is 14.4 Å². The number of hydrogen-bond donors (Lipinski definition) is 2.